The van der Waals surface area contributed by atoms with Crippen molar-refractivity contribution in [3.05, 3.63) is 16.0 Å². The fourth-order valence-corrected chi connectivity index (χ4v) is 2.28. The molecule has 1 heterocycles. The molecule has 1 rings (SSSR count). The van der Waals surface area contributed by atoms with E-state index in [0.29, 0.717) is 5.92 Å². The molecule has 0 aliphatic carbocycles. The third-order valence-electron chi connectivity index (χ3n) is 2.67. The number of aromatic nitrogens is 2. The summed E-state index contributed by atoms with van der Waals surface area (Å²) in [5.74, 6) is 2.51. The lowest BCUT2D eigenvalue weighted by Gasteiger charge is -2.13. The first-order chi connectivity index (χ1) is 8.58. The molecular formula is C14H24BrN3. The summed E-state index contributed by atoms with van der Waals surface area (Å²) >= 11 is 3.63. The van der Waals surface area contributed by atoms with Gasteiger partial charge in [-0.2, -0.15) is 0 Å². The fraction of sp³-hybridized carbons (Fsp3) is 0.714. The standard InChI is InChI=1S/C14H24BrN3/c1-5-7-8-12-17-11(9-10(3)4)13(15)14(18-12)16-6-2/h10H,5-9H2,1-4H3,(H,16,17,18). The minimum Gasteiger partial charge on any atom is -0.369 e. The molecule has 0 fully saturated rings. The van der Waals surface area contributed by atoms with Gasteiger partial charge in [0, 0.05) is 13.0 Å². The molecule has 18 heavy (non-hydrogen) atoms. The maximum Gasteiger partial charge on any atom is 0.144 e. The van der Waals surface area contributed by atoms with E-state index in [1.807, 2.05) is 0 Å². The van der Waals surface area contributed by atoms with Crippen LogP contribution in [0.25, 0.3) is 0 Å². The minimum absolute atomic E-state index is 0.602. The fourth-order valence-electron chi connectivity index (χ4n) is 1.80. The lowest BCUT2D eigenvalue weighted by molar-refractivity contribution is 0.625. The molecule has 0 aromatic carbocycles. The van der Waals surface area contributed by atoms with Gasteiger partial charge in [0.15, 0.2) is 0 Å². The van der Waals surface area contributed by atoms with Crippen LogP contribution in [0.4, 0.5) is 5.82 Å². The Morgan fingerprint density at radius 1 is 1.22 bits per heavy atom. The summed E-state index contributed by atoms with van der Waals surface area (Å²) in [6, 6.07) is 0. The SMILES string of the molecule is CCCCc1nc(CC(C)C)c(Br)c(NCC)n1. The van der Waals surface area contributed by atoms with Crippen LogP contribution in [-0.2, 0) is 12.8 Å². The van der Waals surface area contributed by atoms with Crippen molar-refractivity contribution in [1.82, 2.24) is 9.97 Å². The number of hydrogen-bond donors (Lipinski definition) is 1. The topological polar surface area (TPSA) is 37.8 Å². The number of unbranched alkanes of at least 4 members (excludes halogenated alkanes) is 1. The Balaban J connectivity index is 3.02. The molecule has 0 bridgehead atoms. The first kappa shape index (κ1) is 15.4. The van der Waals surface area contributed by atoms with Crippen LogP contribution in [0, 0.1) is 5.92 Å². The third-order valence-corrected chi connectivity index (χ3v) is 3.50. The van der Waals surface area contributed by atoms with Crippen molar-refractivity contribution < 1.29 is 0 Å². The van der Waals surface area contributed by atoms with Crippen molar-refractivity contribution in [1.29, 1.82) is 0 Å². The molecule has 4 heteroatoms. The van der Waals surface area contributed by atoms with Crippen molar-refractivity contribution in [2.75, 3.05) is 11.9 Å². The van der Waals surface area contributed by atoms with E-state index >= 15 is 0 Å². The first-order valence-corrected chi connectivity index (χ1v) is 7.66. The molecule has 0 spiro atoms. The van der Waals surface area contributed by atoms with Gasteiger partial charge in [0.05, 0.1) is 10.2 Å². The van der Waals surface area contributed by atoms with E-state index in [1.165, 1.54) is 6.42 Å². The van der Waals surface area contributed by atoms with Gasteiger partial charge in [0.2, 0.25) is 0 Å². The van der Waals surface area contributed by atoms with E-state index in [0.717, 1.165) is 47.6 Å². The molecule has 0 unspecified atom stereocenters. The average molecular weight is 314 g/mol. The Labute approximate surface area is 119 Å². The minimum atomic E-state index is 0.602. The predicted molar refractivity (Wildman–Crippen MR) is 81.0 cm³/mol. The van der Waals surface area contributed by atoms with Gasteiger partial charge in [-0.25, -0.2) is 9.97 Å². The van der Waals surface area contributed by atoms with Crippen LogP contribution in [0.15, 0.2) is 4.47 Å². The summed E-state index contributed by atoms with van der Waals surface area (Å²) in [6.07, 6.45) is 4.28. The molecule has 0 amide bonds. The number of anilines is 1. The lowest BCUT2D eigenvalue weighted by Crippen LogP contribution is -2.09. The van der Waals surface area contributed by atoms with Crippen LogP contribution in [0.2, 0.25) is 0 Å². The average Bonchev–Trinajstić information content (AvgIpc) is 2.31. The number of hydrogen-bond acceptors (Lipinski definition) is 3. The van der Waals surface area contributed by atoms with E-state index in [-0.39, 0.29) is 0 Å². The highest BCUT2D eigenvalue weighted by Gasteiger charge is 2.12. The van der Waals surface area contributed by atoms with Crippen LogP contribution in [-0.4, -0.2) is 16.5 Å². The molecule has 102 valence electrons. The van der Waals surface area contributed by atoms with Gasteiger partial charge in [-0.3, -0.25) is 0 Å². The Morgan fingerprint density at radius 3 is 2.50 bits per heavy atom. The Bertz CT molecular complexity index is 378. The predicted octanol–water partition coefficient (Wildman–Crippen LogP) is 4.21. The van der Waals surface area contributed by atoms with Crippen molar-refractivity contribution >= 4 is 21.7 Å². The van der Waals surface area contributed by atoms with Crippen LogP contribution < -0.4 is 5.32 Å². The number of aryl methyl sites for hydroxylation is 1. The zero-order valence-electron chi connectivity index (χ0n) is 11.9. The zero-order valence-corrected chi connectivity index (χ0v) is 13.5. The second-order valence-electron chi connectivity index (χ2n) is 4.98. The number of rotatable bonds is 7. The Hall–Kier alpha value is -0.640. The summed E-state index contributed by atoms with van der Waals surface area (Å²) in [5, 5.41) is 3.31. The summed E-state index contributed by atoms with van der Waals surface area (Å²) in [4.78, 5) is 9.29. The largest absolute Gasteiger partial charge is 0.369 e. The van der Waals surface area contributed by atoms with Crippen LogP contribution in [0.5, 0.6) is 0 Å². The monoisotopic (exact) mass is 313 g/mol. The Morgan fingerprint density at radius 2 is 1.94 bits per heavy atom. The molecule has 0 aliphatic rings. The van der Waals surface area contributed by atoms with Crippen molar-refractivity contribution in [3.8, 4) is 0 Å². The molecule has 3 nitrogen and oxygen atoms in total. The van der Waals surface area contributed by atoms with Gasteiger partial charge in [-0.1, -0.05) is 27.2 Å². The van der Waals surface area contributed by atoms with Crippen LogP contribution in [0.3, 0.4) is 0 Å². The van der Waals surface area contributed by atoms with Crippen LogP contribution in [0.1, 0.15) is 52.1 Å². The first-order valence-electron chi connectivity index (χ1n) is 6.87. The molecule has 0 atom stereocenters. The molecule has 0 saturated heterocycles. The van der Waals surface area contributed by atoms with Crippen molar-refractivity contribution in [2.24, 2.45) is 5.92 Å². The number of halogens is 1. The maximum absolute atomic E-state index is 4.69. The normalized spacial score (nSPS) is 11.0. The van der Waals surface area contributed by atoms with Gasteiger partial charge < -0.3 is 5.32 Å². The molecule has 0 radical (unpaired) electrons. The Kier molecular flexibility index (Phi) is 6.61. The highest BCUT2D eigenvalue weighted by Crippen LogP contribution is 2.26. The zero-order chi connectivity index (χ0) is 13.5. The van der Waals surface area contributed by atoms with E-state index in [4.69, 9.17) is 4.98 Å². The molecule has 0 saturated carbocycles. The van der Waals surface area contributed by atoms with Gasteiger partial charge in [0.25, 0.3) is 0 Å². The molecule has 0 aliphatic heterocycles. The maximum atomic E-state index is 4.69. The number of nitrogens with zero attached hydrogens (tertiary/aromatic N) is 2. The summed E-state index contributed by atoms with van der Waals surface area (Å²) in [5.41, 5.74) is 1.13. The van der Waals surface area contributed by atoms with E-state index in [2.05, 4.69) is 53.9 Å². The molecule has 1 N–H and O–H groups in total. The highest BCUT2D eigenvalue weighted by atomic mass is 79.9. The second kappa shape index (κ2) is 7.72. The van der Waals surface area contributed by atoms with Crippen LogP contribution >= 0.6 is 15.9 Å². The van der Waals surface area contributed by atoms with Crippen molar-refractivity contribution in [2.45, 2.75) is 53.4 Å². The summed E-state index contributed by atoms with van der Waals surface area (Å²) in [6.45, 7) is 9.59. The third kappa shape index (κ3) is 4.56. The van der Waals surface area contributed by atoms with E-state index < -0.39 is 0 Å². The van der Waals surface area contributed by atoms with Crippen molar-refractivity contribution in [3.63, 3.8) is 0 Å². The van der Waals surface area contributed by atoms with Gasteiger partial charge in [0.1, 0.15) is 11.6 Å². The highest BCUT2D eigenvalue weighted by molar-refractivity contribution is 9.10. The van der Waals surface area contributed by atoms with Gasteiger partial charge in [-0.05, 0) is 41.6 Å². The molecular weight excluding hydrogens is 290 g/mol. The quantitative estimate of drug-likeness (QED) is 0.819. The van der Waals surface area contributed by atoms with Gasteiger partial charge in [-0.15, -0.1) is 0 Å². The second-order valence-corrected chi connectivity index (χ2v) is 5.77. The van der Waals surface area contributed by atoms with E-state index in [9.17, 15) is 0 Å². The lowest BCUT2D eigenvalue weighted by atomic mass is 10.1. The van der Waals surface area contributed by atoms with E-state index in [1.54, 1.807) is 0 Å². The van der Waals surface area contributed by atoms with Gasteiger partial charge >= 0.3 is 0 Å². The number of nitrogens with one attached hydrogen (secondary N) is 1. The summed E-state index contributed by atoms with van der Waals surface area (Å²) in [7, 11) is 0. The molecule has 1 aromatic heterocycles. The smallest absolute Gasteiger partial charge is 0.144 e. The summed E-state index contributed by atoms with van der Waals surface area (Å²) < 4.78 is 1.03. The molecule has 1 aromatic rings.